The average Bonchev–Trinajstić information content (AvgIpc) is 2.81. The van der Waals surface area contributed by atoms with Gasteiger partial charge in [-0.05, 0) is 0 Å². The van der Waals surface area contributed by atoms with Crippen LogP contribution in [0.4, 0.5) is 13.6 Å². The molecule has 86 valence electrons. The van der Waals surface area contributed by atoms with Gasteiger partial charge < -0.3 is 19.9 Å². The Morgan fingerprint density at radius 2 is 2.33 bits per heavy atom. The standard InChI is InChI=1S/C8H11F2NO4/c9-7(10)3(1-11-8(12)13)5-6-4(15-6)2-14-5/h3-7,11H,1-2H2,(H,12,13)/t3-,4+,5-,6+/m1/s1. The summed E-state index contributed by atoms with van der Waals surface area (Å²) in [4.78, 5) is 10.2. The maximum absolute atomic E-state index is 12.6. The van der Waals surface area contributed by atoms with E-state index in [0.29, 0.717) is 6.61 Å². The Morgan fingerprint density at radius 1 is 1.60 bits per heavy atom. The highest BCUT2D eigenvalue weighted by atomic mass is 19.3. The van der Waals surface area contributed by atoms with Gasteiger partial charge in [-0.15, -0.1) is 0 Å². The number of rotatable bonds is 4. The first-order valence-electron chi connectivity index (χ1n) is 4.61. The zero-order chi connectivity index (χ0) is 11.0. The van der Waals surface area contributed by atoms with Crippen molar-refractivity contribution in [3.63, 3.8) is 0 Å². The summed E-state index contributed by atoms with van der Waals surface area (Å²) in [5.74, 6) is -1.14. The van der Waals surface area contributed by atoms with Gasteiger partial charge in [0.1, 0.15) is 12.2 Å². The second-order valence-corrected chi connectivity index (χ2v) is 3.62. The number of hydrogen-bond acceptors (Lipinski definition) is 3. The predicted octanol–water partition coefficient (Wildman–Crippen LogP) is 0.301. The molecule has 2 rings (SSSR count). The van der Waals surface area contributed by atoms with Crippen LogP contribution >= 0.6 is 0 Å². The zero-order valence-corrected chi connectivity index (χ0v) is 7.73. The van der Waals surface area contributed by atoms with E-state index >= 15 is 0 Å². The second kappa shape index (κ2) is 3.90. The summed E-state index contributed by atoms with van der Waals surface area (Å²) >= 11 is 0. The highest BCUT2D eigenvalue weighted by Crippen LogP contribution is 2.39. The molecule has 1 amide bonds. The van der Waals surface area contributed by atoms with Gasteiger partial charge in [0.2, 0.25) is 6.43 Å². The Morgan fingerprint density at radius 3 is 2.73 bits per heavy atom. The first-order chi connectivity index (χ1) is 7.09. The molecule has 2 aliphatic rings. The fraction of sp³-hybridized carbons (Fsp3) is 0.875. The van der Waals surface area contributed by atoms with Gasteiger partial charge in [-0.1, -0.05) is 0 Å². The molecule has 2 heterocycles. The second-order valence-electron chi connectivity index (χ2n) is 3.62. The van der Waals surface area contributed by atoms with Gasteiger partial charge in [0.15, 0.2) is 0 Å². The quantitative estimate of drug-likeness (QED) is 0.672. The first kappa shape index (κ1) is 10.6. The molecule has 2 saturated heterocycles. The summed E-state index contributed by atoms with van der Waals surface area (Å²) in [5.41, 5.74) is 0. The normalized spacial score (nSPS) is 35.0. The Bertz CT molecular complexity index is 263. The van der Waals surface area contributed by atoms with Crippen molar-refractivity contribution in [1.29, 1.82) is 0 Å². The summed E-state index contributed by atoms with van der Waals surface area (Å²) in [5, 5.41) is 10.3. The molecular weight excluding hydrogens is 212 g/mol. The van der Waals surface area contributed by atoms with Gasteiger partial charge in [-0.25, -0.2) is 13.6 Å². The number of carboxylic acid groups (broad SMARTS) is 1. The summed E-state index contributed by atoms with van der Waals surface area (Å²) in [7, 11) is 0. The number of hydrogen-bond donors (Lipinski definition) is 2. The molecule has 0 spiro atoms. The highest BCUT2D eigenvalue weighted by molar-refractivity contribution is 5.64. The molecule has 0 radical (unpaired) electrons. The number of nitrogens with one attached hydrogen (secondary N) is 1. The monoisotopic (exact) mass is 223 g/mol. The SMILES string of the molecule is O=C(O)NC[C@@H](C(F)F)[C@H]1OC[C@@H]2O[C@H]12. The number of amides is 1. The van der Waals surface area contributed by atoms with E-state index in [1.165, 1.54) is 0 Å². The van der Waals surface area contributed by atoms with Crippen molar-refractivity contribution in [3.05, 3.63) is 0 Å². The number of fused-ring (bicyclic) bond motifs is 1. The van der Waals surface area contributed by atoms with Gasteiger partial charge in [-0.2, -0.15) is 0 Å². The van der Waals surface area contributed by atoms with Crippen molar-refractivity contribution in [2.24, 2.45) is 5.92 Å². The third-order valence-electron chi connectivity index (χ3n) is 2.63. The minimum Gasteiger partial charge on any atom is -0.465 e. The van der Waals surface area contributed by atoms with Crippen LogP contribution in [0, 0.1) is 5.92 Å². The summed E-state index contributed by atoms with van der Waals surface area (Å²) in [6.45, 7) is 0.00979. The molecule has 4 atom stereocenters. The van der Waals surface area contributed by atoms with Gasteiger partial charge >= 0.3 is 6.09 Å². The zero-order valence-electron chi connectivity index (χ0n) is 7.73. The van der Waals surface area contributed by atoms with Crippen LogP contribution in [0.5, 0.6) is 0 Å². The Kier molecular flexibility index (Phi) is 2.74. The lowest BCUT2D eigenvalue weighted by atomic mass is 10.0. The fourth-order valence-electron chi connectivity index (χ4n) is 1.80. The average molecular weight is 223 g/mol. The Hall–Kier alpha value is -0.950. The van der Waals surface area contributed by atoms with Gasteiger partial charge in [0.25, 0.3) is 0 Å². The van der Waals surface area contributed by atoms with Crippen molar-refractivity contribution in [1.82, 2.24) is 5.32 Å². The van der Waals surface area contributed by atoms with E-state index in [2.05, 4.69) is 0 Å². The van der Waals surface area contributed by atoms with E-state index in [-0.39, 0.29) is 18.8 Å². The molecule has 0 aromatic carbocycles. The lowest BCUT2D eigenvalue weighted by molar-refractivity contribution is -0.0573. The van der Waals surface area contributed by atoms with Gasteiger partial charge in [0, 0.05) is 6.54 Å². The molecule has 2 aliphatic heterocycles. The van der Waals surface area contributed by atoms with Crippen molar-refractivity contribution in [2.45, 2.75) is 24.7 Å². The van der Waals surface area contributed by atoms with Crippen LogP contribution in [0.1, 0.15) is 0 Å². The lowest BCUT2D eigenvalue weighted by Gasteiger charge is -2.22. The lowest BCUT2D eigenvalue weighted by Crippen LogP contribution is -2.40. The van der Waals surface area contributed by atoms with Crippen LogP contribution in [0.15, 0.2) is 0 Å². The smallest absolute Gasteiger partial charge is 0.404 e. The molecule has 0 aromatic heterocycles. The maximum Gasteiger partial charge on any atom is 0.404 e. The predicted molar refractivity (Wildman–Crippen MR) is 43.9 cm³/mol. The van der Waals surface area contributed by atoms with Crippen LogP contribution in [-0.4, -0.2) is 49.1 Å². The number of epoxide rings is 1. The molecule has 5 nitrogen and oxygen atoms in total. The van der Waals surface area contributed by atoms with Crippen LogP contribution in [0.2, 0.25) is 0 Å². The molecule has 15 heavy (non-hydrogen) atoms. The van der Waals surface area contributed by atoms with Crippen molar-refractivity contribution >= 4 is 6.09 Å². The number of halogens is 2. The summed E-state index contributed by atoms with van der Waals surface area (Å²) < 4.78 is 35.5. The van der Waals surface area contributed by atoms with Crippen LogP contribution in [0.25, 0.3) is 0 Å². The minimum absolute atomic E-state index is 0.0684. The minimum atomic E-state index is -2.62. The molecular formula is C8H11F2NO4. The van der Waals surface area contributed by atoms with Crippen molar-refractivity contribution < 1.29 is 28.2 Å². The molecule has 0 unspecified atom stereocenters. The van der Waals surface area contributed by atoms with Gasteiger partial charge in [-0.3, -0.25) is 0 Å². The third-order valence-corrected chi connectivity index (χ3v) is 2.63. The first-order valence-corrected chi connectivity index (χ1v) is 4.61. The van der Waals surface area contributed by atoms with E-state index in [1.54, 1.807) is 0 Å². The topological polar surface area (TPSA) is 71.1 Å². The molecule has 0 aliphatic carbocycles. The van der Waals surface area contributed by atoms with Crippen molar-refractivity contribution in [2.75, 3.05) is 13.2 Å². The fourth-order valence-corrected chi connectivity index (χ4v) is 1.80. The Balaban J connectivity index is 1.90. The molecule has 7 heteroatoms. The van der Waals surface area contributed by atoms with E-state index < -0.39 is 24.5 Å². The summed E-state index contributed by atoms with van der Waals surface area (Å²) in [6, 6.07) is 0. The maximum atomic E-state index is 12.6. The van der Waals surface area contributed by atoms with E-state index in [9.17, 15) is 13.6 Å². The largest absolute Gasteiger partial charge is 0.465 e. The van der Waals surface area contributed by atoms with Crippen LogP contribution in [0.3, 0.4) is 0 Å². The summed E-state index contributed by atoms with van der Waals surface area (Å²) in [6.07, 6.45) is -4.97. The van der Waals surface area contributed by atoms with Crippen LogP contribution < -0.4 is 5.32 Å². The van der Waals surface area contributed by atoms with E-state index in [4.69, 9.17) is 14.6 Å². The highest BCUT2D eigenvalue weighted by Gasteiger charge is 2.55. The Labute approximate surface area is 84.3 Å². The van der Waals surface area contributed by atoms with Crippen molar-refractivity contribution in [3.8, 4) is 0 Å². The molecule has 0 saturated carbocycles. The number of carbonyl (C=O) groups is 1. The molecule has 2 N–H and O–H groups in total. The molecule has 0 aromatic rings. The molecule has 2 fully saturated rings. The number of ether oxygens (including phenoxy) is 2. The molecule has 0 bridgehead atoms. The van der Waals surface area contributed by atoms with E-state index in [1.807, 2.05) is 5.32 Å². The van der Waals surface area contributed by atoms with E-state index in [0.717, 1.165) is 0 Å². The van der Waals surface area contributed by atoms with Gasteiger partial charge in [0.05, 0.1) is 18.6 Å². The van der Waals surface area contributed by atoms with Crippen LogP contribution in [-0.2, 0) is 9.47 Å². The third kappa shape index (κ3) is 2.18. The number of alkyl halides is 2.